The molecule has 0 amide bonds. The molecule has 150 valence electrons. The largest absolute Gasteiger partial charge is 0.480 e. The molecular weight excluding hydrogens is 372 g/mol. The third-order valence-electron chi connectivity index (χ3n) is 5.31. The molecule has 1 aliphatic rings. The molecule has 1 saturated heterocycles. The van der Waals surface area contributed by atoms with Gasteiger partial charge < -0.3 is 19.5 Å². The molecule has 29 heavy (non-hydrogen) atoms. The van der Waals surface area contributed by atoms with E-state index >= 15 is 0 Å². The van der Waals surface area contributed by atoms with Gasteiger partial charge in [-0.3, -0.25) is 9.69 Å². The number of fused-ring (bicyclic) bond motifs is 1. The minimum atomic E-state index is -1.13. The lowest BCUT2D eigenvalue weighted by molar-refractivity contribution is -0.145. The lowest BCUT2D eigenvalue weighted by atomic mass is 10.0. The molecule has 0 radical (unpaired) electrons. The van der Waals surface area contributed by atoms with E-state index in [4.69, 9.17) is 4.74 Å². The molecule has 0 spiro atoms. The molecule has 0 saturated carbocycles. The number of para-hydroxylation sites is 1. The highest BCUT2D eigenvalue weighted by atomic mass is 16.5. The van der Waals surface area contributed by atoms with E-state index in [-0.39, 0.29) is 5.69 Å². The fourth-order valence-electron chi connectivity index (χ4n) is 4.07. The van der Waals surface area contributed by atoms with Gasteiger partial charge in [0.1, 0.15) is 11.7 Å². The van der Waals surface area contributed by atoms with Crippen LogP contribution in [0, 0.1) is 0 Å². The van der Waals surface area contributed by atoms with Gasteiger partial charge in [0.15, 0.2) is 0 Å². The zero-order valence-corrected chi connectivity index (χ0v) is 15.8. The van der Waals surface area contributed by atoms with Gasteiger partial charge in [-0.1, -0.05) is 48.5 Å². The number of nitrogens with zero attached hydrogens (tertiary/aromatic N) is 2. The summed E-state index contributed by atoms with van der Waals surface area (Å²) in [4.78, 5) is 26.4. The van der Waals surface area contributed by atoms with Crippen molar-refractivity contribution in [1.29, 1.82) is 0 Å². The molecule has 1 aliphatic heterocycles. The Bertz CT molecular complexity index is 1040. The normalized spacial score (nSPS) is 16.0. The monoisotopic (exact) mass is 394 g/mol. The van der Waals surface area contributed by atoms with Crippen molar-refractivity contribution >= 4 is 22.8 Å². The standard InChI is InChI=1S/C22H22N2O5/c25-21(26)19(23-10-12-29-13-11-23)18-16-8-4-5-9-17(16)24(20(18)22(27)28)14-15-6-2-1-3-7-15/h1-9,19H,10-14H2,(H,25,26)(H,27,28)/t19-/m1/s1. The summed E-state index contributed by atoms with van der Waals surface area (Å²) in [5, 5.41) is 20.8. The van der Waals surface area contributed by atoms with Crippen molar-refractivity contribution in [3.8, 4) is 0 Å². The number of hydrogen-bond acceptors (Lipinski definition) is 4. The number of benzene rings is 2. The first-order valence-corrected chi connectivity index (χ1v) is 9.51. The summed E-state index contributed by atoms with van der Waals surface area (Å²) in [5.74, 6) is -2.19. The number of rotatable bonds is 6. The summed E-state index contributed by atoms with van der Waals surface area (Å²) in [5.41, 5.74) is 2.01. The van der Waals surface area contributed by atoms with Gasteiger partial charge in [-0.15, -0.1) is 0 Å². The molecular formula is C22H22N2O5. The van der Waals surface area contributed by atoms with Crippen LogP contribution in [0.15, 0.2) is 54.6 Å². The number of carbonyl (C=O) groups is 2. The lowest BCUT2D eigenvalue weighted by Gasteiger charge is -2.32. The van der Waals surface area contributed by atoms with E-state index in [0.29, 0.717) is 49.3 Å². The molecule has 0 unspecified atom stereocenters. The van der Waals surface area contributed by atoms with Crippen LogP contribution in [-0.2, 0) is 16.1 Å². The Balaban J connectivity index is 1.94. The van der Waals surface area contributed by atoms with Crippen molar-refractivity contribution in [2.75, 3.05) is 26.3 Å². The zero-order valence-electron chi connectivity index (χ0n) is 15.8. The number of ether oxygens (including phenoxy) is 1. The topological polar surface area (TPSA) is 92.0 Å². The maximum Gasteiger partial charge on any atom is 0.352 e. The van der Waals surface area contributed by atoms with Crippen molar-refractivity contribution in [3.63, 3.8) is 0 Å². The van der Waals surface area contributed by atoms with Crippen LogP contribution < -0.4 is 0 Å². The van der Waals surface area contributed by atoms with Crippen LogP contribution >= 0.6 is 0 Å². The Labute approximate surface area is 167 Å². The van der Waals surface area contributed by atoms with Gasteiger partial charge in [-0.05, 0) is 11.6 Å². The molecule has 2 N–H and O–H groups in total. The van der Waals surface area contributed by atoms with Crippen LogP contribution in [0.1, 0.15) is 27.7 Å². The van der Waals surface area contributed by atoms with E-state index in [1.54, 1.807) is 15.5 Å². The molecule has 0 bridgehead atoms. The van der Waals surface area contributed by atoms with E-state index in [1.165, 1.54) is 0 Å². The van der Waals surface area contributed by atoms with Gasteiger partial charge in [0.25, 0.3) is 0 Å². The molecule has 1 aromatic heterocycles. The summed E-state index contributed by atoms with van der Waals surface area (Å²) >= 11 is 0. The summed E-state index contributed by atoms with van der Waals surface area (Å²) in [6.45, 7) is 2.07. The third kappa shape index (κ3) is 3.62. The lowest BCUT2D eigenvalue weighted by Crippen LogP contribution is -2.42. The maximum atomic E-state index is 12.4. The van der Waals surface area contributed by atoms with Gasteiger partial charge >= 0.3 is 11.9 Å². The first kappa shape index (κ1) is 19.2. The Morgan fingerprint density at radius 2 is 1.62 bits per heavy atom. The molecule has 1 fully saturated rings. The predicted molar refractivity (Wildman–Crippen MR) is 107 cm³/mol. The third-order valence-corrected chi connectivity index (χ3v) is 5.31. The molecule has 3 aromatic rings. The van der Waals surface area contributed by atoms with Crippen LogP contribution in [0.2, 0.25) is 0 Å². The zero-order chi connectivity index (χ0) is 20.4. The number of aliphatic carboxylic acids is 1. The Hall–Kier alpha value is -3.16. The summed E-state index contributed by atoms with van der Waals surface area (Å²) in [7, 11) is 0. The van der Waals surface area contributed by atoms with Gasteiger partial charge in [0, 0.05) is 36.1 Å². The second kappa shape index (κ2) is 8.06. The van der Waals surface area contributed by atoms with Crippen molar-refractivity contribution in [3.05, 3.63) is 71.4 Å². The number of carboxylic acid groups (broad SMARTS) is 2. The average Bonchev–Trinajstić information content (AvgIpc) is 3.04. The van der Waals surface area contributed by atoms with Crippen LogP contribution in [0.4, 0.5) is 0 Å². The summed E-state index contributed by atoms with van der Waals surface area (Å²) < 4.78 is 7.07. The number of hydrogen-bond donors (Lipinski definition) is 2. The van der Waals surface area contributed by atoms with Crippen LogP contribution in [0.25, 0.3) is 10.9 Å². The van der Waals surface area contributed by atoms with Crippen molar-refractivity contribution < 1.29 is 24.5 Å². The molecule has 0 aliphatic carbocycles. The Kier molecular flexibility index (Phi) is 5.33. The second-order valence-electron chi connectivity index (χ2n) is 7.05. The molecule has 4 rings (SSSR count). The van der Waals surface area contributed by atoms with E-state index < -0.39 is 18.0 Å². The first-order valence-electron chi connectivity index (χ1n) is 9.51. The van der Waals surface area contributed by atoms with Crippen LogP contribution in [0.5, 0.6) is 0 Å². The highest BCUT2D eigenvalue weighted by molar-refractivity contribution is 6.01. The van der Waals surface area contributed by atoms with Crippen molar-refractivity contribution in [2.45, 2.75) is 12.6 Å². The maximum absolute atomic E-state index is 12.4. The first-order chi connectivity index (χ1) is 14.1. The minimum absolute atomic E-state index is 0.0222. The summed E-state index contributed by atoms with van der Waals surface area (Å²) in [6, 6.07) is 15.8. The van der Waals surface area contributed by atoms with Gasteiger partial charge in [0.05, 0.1) is 13.2 Å². The van der Waals surface area contributed by atoms with E-state index in [9.17, 15) is 19.8 Å². The molecule has 2 aromatic carbocycles. The van der Waals surface area contributed by atoms with E-state index in [1.807, 2.05) is 48.5 Å². The number of carboxylic acids is 2. The number of aromatic nitrogens is 1. The fraction of sp³-hybridized carbons (Fsp3) is 0.273. The number of morpholine rings is 1. The second-order valence-corrected chi connectivity index (χ2v) is 7.05. The number of aromatic carboxylic acids is 1. The summed E-state index contributed by atoms with van der Waals surface area (Å²) in [6.07, 6.45) is 0. The van der Waals surface area contributed by atoms with E-state index in [2.05, 4.69) is 0 Å². The van der Waals surface area contributed by atoms with E-state index in [0.717, 1.165) is 5.56 Å². The van der Waals surface area contributed by atoms with Gasteiger partial charge in [0.2, 0.25) is 0 Å². The highest BCUT2D eigenvalue weighted by Crippen LogP contribution is 2.35. The van der Waals surface area contributed by atoms with Crippen molar-refractivity contribution in [2.24, 2.45) is 0 Å². The SMILES string of the molecule is O=C(O)c1c([C@H](C(=O)O)N2CCOCC2)c2ccccc2n1Cc1ccccc1. The quantitative estimate of drug-likeness (QED) is 0.668. The smallest absolute Gasteiger partial charge is 0.352 e. The Morgan fingerprint density at radius 1 is 0.966 bits per heavy atom. The molecule has 7 nitrogen and oxygen atoms in total. The molecule has 1 atom stereocenters. The molecule has 2 heterocycles. The van der Waals surface area contributed by atoms with Gasteiger partial charge in [-0.2, -0.15) is 0 Å². The van der Waals surface area contributed by atoms with Crippen LogP contribution in [0.3, 0.4) is 0 Å². The van der Waals surface area contributed by atoms with Crippen molar-refractivity contribution in [1.82, 2.24) is 9.47 Å². The predicted octanol–water partition coefficient (Wildman–Crippen LogP) is 2.85. The molecule has 7 heteroatoms. The Morgan fingerprint density at radius 3 is 2.28 bits per heavy atom. The van der Waals surface area contributed by atoms with Gasteiger partial charge in [-0.25, -0.2) is 4.79 Å². The van der Waals surface area contributed by atoms with Crippen LogP contribution in [-0.4, -0.2) is 57.9 Å². The highest BCUT2D eigenvalue weighted by Gasteiger charge is 2.36. The fourth-order valence-corrected chi connectivity index (χ4v) is 4.07. The minimum Gasteiger partial charge on any atom is -0.480 e. The average molecular weight is 394 g/mol.